The van der Waals surface area contributed by atoms with Crippen LogP contribution in [0.3, 0.4) is 0 Å². The van der Waals surface area contributed by atoms with Gasteiger partial charge >= 0.3 is 0 Å². The topological polar surface area (TPSA) is 76.8 Å². The Morgan fingerprint density at radius 3 is 1.64 bits per heavy atom. The number of hydrogen-bond acceptors (Lipinski definition) is 4. The second kappa shape index (κ2) is 6.18. The van der Waals surface area contributed by atoms with Crippen molar-refractivity contribution >= 4 is 11.4 Å². The highest BCUT2D eigenvalue weighted by atomic mass is 15.2. The first-order valence-electron chi connectivity index (χ1n) is 5.07. The second-order valence-corrected chi connectivity index (χ2v) is 3.41. The number of nitrogens with two attached hydrogens (primary N) is 2. The van der Waals surface area contributed by atoms with Crippen molar-refractivity contribution in [2.45, 2.75) is 38.5 Å². The lowest BCUT2D eigenvalue weighted by atomic mass is 10.0. The van der Waals surface area contributed by atoms with Gasteiger partial charge in [-0.25, -0.2) is 0 Å². The molecule has 0 aromatic rings. The third-order valence-electron chi connectivity index (χ3n) is 2.38. The second-order valence-electron chi connectivity index (χ2n) is 3.41. The molecule has 0 aromatic heterocycles. The molecule has 1 rings (SSSR count). The van der Waals surface area contributed by atoms with Gasteiger partial charge in [0.1, 0.15) is 0 Å². The van der Waals surface area contributed by atoms with Crippen LogP contribution >= 0.6 is 0 Å². The average Bonchev–Trinajstić information content (AvgIpc) is 2.24. The Kier molecular flexibility index (Phi) is 4.75. The van der Waals surface area contributed by atoms with E-state index in [1.54, 1.807) is 0 Å². The maximum Gasteiger partial charge on any atom is 0.0832 e. The van der Waals surface area contributed by atoms with E-state index in [0.717, 1.165) is 49.9 Å². The van der Waals surface area contributed by atoms with Gasteiger partial charge in [-0.2, -0.15) is 10.2 Å². The number of hydrogen-bond donors (Lipinski definition) is 2. The minimum atomic E-state index is 0.864. The van der Waals surface area contributed by atoms with Crippen molar-refractivity contribution in [2.75, 3.05) is 0 Å². The van der Waals surface area contributed by atoms with Crippen LogP contribution in [0.4, 0.5) is 0 Å². The highest BCUT2D eigenvalue weighted by molar-refractivity contribution is 6.42. The fourth-order valence-corrected chi connectivity index (χ4v) is 1.58. The van der Waals surface area contributed by atoms with Gasteiger partial charge in [-0.05, 0) is 38.5 Å². The lowest BCUT2D eigenvalue weighted by Crippen LogP contribution is -2.18. The molecule has 0 radical (unpaired) electrons. The summed E-state index contributed by atoms with van der Waals surface area (Å²) in [5.74, 6) is 10.6. The average molecular weight is 194 g/mol. The standard InChI is InChI=1S/C10H18N4/c11-13-9-7-5-3-1-2-4-6-8-10(9)14-12/h1-2H,3-8,11-12H2/b2-1-,13-9-,14-10-. The molecule has 1 aliphatic rings. The van der Waals surface area contributed by atoms with Gasteiger partial charge in [-0.15, -0.1) is 0 Å². The van der Waals surface area contributed by atoms with Gasteiger partial charge in [0.25, 0.3) is 0 Å². The quantitative estimate of drug-likeness (QED) is 0.348. The zero-order valence-corrected chi connectivity index (χ0v) is 8.45. The summed E-state index contributed by atoms with van der Waals surface area (Å²) < 4.78 is 0. The molecule has 0 aliphatic heterocycles. The van der Waals surface area contributed by atoms with Crippen LogP contribution in [0, 0.1) is 0 Å². The van der Waals surface area contributed by atoms with Crippen LogP contribution < -0.4 is 11.7 Å². The molecular formula is C10H18N4. The third kappa shape index (κ3) is 3.20. The number of rotatable bonds is 0. The Labute approximate surface area is 84.7 Å². The molecule has 0 aromatic carbocycles. The predicted octanol–water partition coefficient (Wildman–Crippen LogP) is 1.53. The van der Waals surface area contributed by atoms with Crippen molar-refractivity contribution in [3.63, 3.8) is 0 Å². The summed E-state index contributed by atoms with van der Waals surface area (Å²) in [4.78, 5) is 0. The van der Waals surface area contributed by atoms with Crippen molar-refractivity contribution in [1.82, 2.24) is 0 Å². The summed E-state index contributed by atoms with van der Waals surface area (Å²) >= 11 is 0. The normalized spacial score (nSPS) is 27.7. The van der Waals surface area contributed by atoms with Crippen LogP contribution in [0.1, 0.15) is 38.5 Å². The number of hydrazone groups is 2. The van der Waals surface area contributed by atoms with Crippen LogP contribution in [0.15, 0.2) is 22.4 Å². The van der Waals surface area contributed by atoms with Crippen LogP contribution in [-0.4, -0.2) is 11.4 Å². The van der Waals surface area contributed by atoms with Gasteiger partial charge in [0, 0.05) is 0 Å². The molecular weight excluding hydrogens is 176 g/mol. The molecule has 0 bridgehead atoms. The number of nitrogens with zero attached hydrogens (tertiary/aromatic N) is 2. The first-order chi connectivity index (χ1) is 6.88. The van der Waals surface area contributed by atoms with E-state index in [2.05, 4.69) is 22.4 Å². The Morgan fingerprint density at radius 1 is 0.857 bits per heavy atom. The maximum atomic E-state index is 5.31. The van der Waals surface area contributed by atoms with Crippen LogP contribution in [0.2, 0.25) is 0 Å². The molecule has 0 amide bonds. The summed E-state index contributed by atoms with van der Waals surface area (Å²) in [6.45, 7) is 0. The molecule has 0 fully saturated rings. The smallest absolute Gasteiger partial charge is 0.0832 e. The first-order valence-corrected chi connectivity index (χ1v) is 5.07. The first kappa shape index (κ1) is 10.8. The van der Waals surface area contributed by atoms with E-state index in [1.807, 2.05) is 0 Å². The molecule has 14 heavy (non-hydrogen) atoms. The van der Waals surface area contributed by atoms with Crippen LogP contribution in [0.25, 0.3) is 0 Å². The molecule has 0 saturated heterocycles. The van der Waals surface area contributed by atoms with E-state index in [0.29, 0.717) is 0 Å². The molecule has 78 valence electrons. The van der Waals surface area contributed by atoms with E-state index in [4.69, 9.17) is 11.7 Å². The van der Waals surface area contributed by atoms with Gasteiger partial charge in [-0.1, -0.05) is 12.2 Å². The Bertz CT molecular complexity index is 227. The van der Waals surface area contributed by atoms with Gasteiger partial charge < -0.3 is 11.7 Å². The fraction of sp³-hybridized carbons (Fsp3) is 0.600. The molecule has 0 atom stereocenters. The van der Waals surface area contributed by atoms with E-state index in [-0.39, 0.29) is 0 Å². The van der Waals surface area contributed by atoms with Crippen molar-refractivity contribution in [1.29, 1.82) is 0 Å². The highest BCUT2D eigenvalue weighted by Gasteiger charge is 2.09. The Morgan fingerprint density at radius 2 is 1.29 bits per heavy atom. The monoisotopic (exact) mass is 194 g/mol. The van der Waals surface area contributed by atoms with E-state index >= 15 is 0 Å². The summed E-state index contributed by atoms with van der Waals surface area (Å²) in [5.41, 5.74) is 1.73. The van der Waals surface area contributed by atoms with Gasteiger partial charge in [0.05, 0.1) is 11.4 Å². The van der Waals surface area contributed by atoms with Crippen molar-refractivity contribution in [3.05, 3.63) is 12.2 Å². The molecule has 1 aliphatic carbocycles. The van der Waals surface area contributed by atoms with Gasteiger partial charge in [-0.3, -0.25) is 0 Å². The van der Waals surface area contributed by atoms with E-state index < -0.39 is 0 Å². The SMILES string of the molecule is N/N=C1/CCC/C=C\CCC/C1=N/N. The van der Waals surface area contributed by atoms with Gasteiger partial charge in [0.2, 0.25) is 0 Å². The maximum absolute atomic E-state index is 5.31. The molecule has 0 heterocycles. The predicted molar refractivity (Wildman–Crippen MR) is 60.1 cm³/mol. The number of allylic oxidation sites excluding steroid dienone is 2. The third-order valence-corrected chi connectivity index (χ3v) is 2.38. The lowest BCUT2D eigenvalue weighted by molar-refractivity contribution is 0.846. The summed E-state index contributed by atoms with van der Waals surface area (Å²) in [5, 5.41) is 7.51. The van der Waals surface area contributed by atoms with Crippen molar-refractivity contribution in [2.24, 2.45) is 21.9 Å². The molecule has 0 unspecified atom stereocenters. The lowest BCUT2D eigenvalue weighted by Gasteiger charge is -2.08. The largest absolute Gasteiger partial charge is 0.323 e. The van der Waals surface area contributed by atoms with Crippen molar-refractivity contribution < 1.29 is 0 Å². The molecule has 4 nitrogen and oxygen atoms in total. The Hall–Kier alpha value is -1.32. The summed E-state index contributed by atoms with van der Waals surface area (Å²) in [7, 11) is 0. The minimum absolute atomic E-state index is 0.864. The van der Waals surface area contributed by atoms with Gasteiger partial charge in [0.15, 0.2) is 0 Å². The Balaban J connectivity index is 2.67. The van der Waals surface area contributed by atoms with Crippen LogP contribution in [-0.2, 0) is 0 Å². The summed E-state index contributed by atoms with van der Waals surface area (Å²) in [6.07, 6.45) is 10.5. The van der Waals surface area contributed by atoms with E-state index in [9.17, 15) is 0 Å². The fourth-order valence-electron chi connectivity index (χ4n) is 1.58. The zero-order valence-electron chi connectivity index (χ0n) is 8.45. The molecule has 0 spiro atoms. The minimum Gasteiger partial charge on any atom is -0.323 e. The van der Waals surface area contributed by atoms with E-state index in [1.165, 1.54) is 0 Å². The summed E-state index contributed by atoms with van der Waals surface area (Å²) in [6, 6.07) is 0. The molecule has 4 N–H and O–H groups in total. The molecule has 4 heteroatoms. The molecule has 0 saturated carbocycles. The highest BCUT2D eigenvalue weighted by Crippen LogP contribution is 2.09. The van der Waals surface area contributed by atoms with Crippen molar-refractivity contribution in [3.8, 4) is 0 Å². The van der Waals surface area contributed by atoms with Crippen LogP contribution in [0.5, 0.6) is 0 Å². The zero-order chi connectivity index (χ0) is 10.2.